The van der Waals surface area contributed by atoms with Crippen LogP contribution in [0.1, 0.15) is 31.4 Å². The number of hydrogen-bond donors (Lipinski definition) is 1. The topological polar surface area (TPSA) is 49.0 Å². The van der Waals surface area contributed by atoms with Crippen LogP contribution in [0.4, 0.5) is 0 Å². The first-order chi connectivity index (χ1) is 10.3. The number of hydrogen-bond acceptors (Lipinski definition) is 2. The Bertz CT molecular complexity index is 583. The van der Waals surface area contributed by atoms with E-state index in [-0.39, 0.29) is 5.91 Å². The summed E-state index contributed by atoms with van der Waals surface area (Å²) in [5.74, 6) is 0.208. The third-order valence-corrected chi connectivity index (χ3v) is 4.00. The van der Waals surface area contributed by atoms with Gasteiger partial charge in [-0.15, -0.1) is 0 Å². The number of nitrogens with zero attached hydrogens (tertiary/aromatic N) is 2. The van der Waals surface area contributed by atoms with E-state index in [1.807, 2.05) is 41.3 Å². The number of benzene rings is 1. The van der Waals surface area contributed by atoms with E-state index in [0.29, 0.717) is 6.42 Å². The summed E-state index contributed by atoms with van der Waals surface area (Å²) in [6, 6.07) is 12.0. The van der Waals surface area contributed by atoms with E-state index in [4.69, 9.17) is 0 Å². The molecule has 1 aliphatic rings. The molecule has 0 atom stereocenters. The first-order valence-corrected chi connectivity index (χ1v) is 7.70. The number of carbonyl (C=O) groups is 1. The largest absolute Gasteiger partial charge is 0.342 e. The van der Waals surface area contributed by atoms with Crippen LogP contribution in [0, 0.1) is 0 Å². The molecule has 2 heterocycles. The second-order valence-electron chi connectivity index (χ2n) is 5.62. The van der Waals surface area contributed by atoms with Crippen molar-refractivity contribution in [3.8, 4) is 11.3 Å². The zero-order chi connectivity index (χ0) is 14.5. The van der Waals surface area contributed by atoms with Gasteiger partial charge in [-0.05, 0) is 18.9 Å². The van der Waals surface area contributed by atoms with Gasteiger partial charge in [-0.1, -0.05) is 43.2 Å². The second-order valence-corrected chi connectivity index (χ2v) is 5.62. The van der Waals surface area contributed by atoms with Crippen LogP contribution in [0.5, 0.6) is 0 Å². The highest BCUT2D eigenvalue weighted by atomic mass is 16.2. The van der Waals surface area contributed by atoms with Gasteiger partial charge in [0.05, 0.1) is 12.1 Å². The summed E-state index contributed by atoms with van der Waals surface area (Å²) in [7, 11) is 0. The predicted molar refractivity (Wildman–Crippen MR) is 82.8 cm³/mol. The van der Waals surface area contributed by atoms with Gasteiger partial charge in [0.1, 0.15) is 0 Å². The fourth-order valence-corrected chi connectivity index (χ4v) is 2.80. The van der Waals surface area contributed by atoms with Crippen LogP contribution in [-0.2, 0) is 11.2 Å². The quantitative estimate of drug-likeness (QED) is 0.941. The Morgan fingerprint density at radius 1 is 1.10 bits per heavy atom. The normalized spacial score (nSPS) is 15.7. The van der Waals surface area contributed by atoms with Crippen molar-refractivity contribution in [2.45, 2.75) is 32.1 Å². The van der Waals surface area contributed by atoms with E-state index < -0.39 is 0 Å². The number of carbonyl (C=O) groups excluding carboxylic acids is 1. The van der Waals surface area contributed by atoms with Crippen molar-refractivity contribution in [2.75, 3.05) is 13.1 Å². The fraction of sp³-hybridized carbons (Fsp3) is 0.412. The maximum Gasteiger partial charge on any atom is 0.228 e. The summed E-state index contributed by atoms with van der Waals surface area (Å²) in [6.45, 7) is 1.80. The average Bonchev–Trinajstić information content (AvgIpc) is 2.81. The lowest BCUT2D eigenvalue weighted by Crippen LogP contribution is -2.33. The Morgan fingerprint density at radius 3 is 2.52 bits per heavy atom. The van der Waals surface area contributed by atoms with Crippen molar-refractivity contribution in [1.82, 2.24) is 15.1 Å². The molecule has 0 bridgehead atoms. The molecule has 1 aromatic carbocycles. The van der Waals surface area contributed by atoms with E-state index in [1.54, 1.807) is 0 Å². The van der Waals surface area contributed by atoms with E-state index >= 15 is 0 Å². The number of rotatable bonds is 3. The molecule has 1 N–H and O–H groups in total. The lowest BCUT2D eigenvalue weighted by molar-refractivity contribution is -0.130. The van der Waals surface area contributed by atoms with Crippen LogP contribution in [0.3, 0.4) is 0 Å². The van der Waals surface area contributed by atoms with Crippen LogP contribution in [-0.4, -0.2) is 34.1 Å². The minimum Gasteiger partial charge on any atom is -0.342 e. The van der Waals surface area contributed by atoms with E-state index in [1.165, 1.54) is 12.8 Å². The Labute approximate surface area is 125 Å². The lowest BCUT2D eigenvalue weighted by atomic mass is 10.1. The zero-order valence-corrected chi connectivity index (χ0v) is 12.2. The summed E-state index contributed by atoms with van der Waals surface area (Å²) < 4.78 is 0. The van der Waals surface area contributed by atoms with Gasteiger partial charge in [0, 0.05) is 24.3 Å². The third-order valence-electron chi connectivity index (χ3n) is 4.00. The van der Waals surface area contributed by atoms with Crippen molar-refractivity contribution in [2.24, 2.45) is 0 Å². The molecule has 2 aromatic rings. The standard InChI is InChI=1S/C17H21N3O/c21-17(20-10-6-1-2-7-11-20)13-15-12-16(19-18-15)14-8-4-3-5-9-14/h3-5,8-9,12H,1-2,6-7,10-11,13H2,(H,18,19). The number of aromatic amines is 1. The van der Waals surface area contributed by atoms with Crippen LogP contribution in [0.25, 0.3) is 11.3 Å². The smallest absolute Gasteiger partial charge is 0.228 e. The van der Waals surface area contributed by atoms with Gasteiger partial charge in [-0.25, -0.2) is 0 Å². The molecule has 4 heteroatoms. The van der Waals surface area contributed by atoms with E-state index in [2.05, 4.69) is 10.2 Å². The molecule has 3 rings (SSSR count). The fourth-order valence-electron chi connectivity index (χ4n) is 2.80. The summed E-state index contributed by atoms with van der Waals surface area (Å²) in [4.78, 5) is 14.3. The molecular formula is C17H21N3O. The van der Waals surface area contributed by atoms with Gasteiger partial charge in [-0.2, -0.15) is 5.10 Å². The highest BCUT2D eigenvalue weighted by Crippen LogP contribution is 2.18. The molecule has 110 valence electrons. The number of nitrogens with one attached hydrogen (secondary N) is 1. The second kappa shape index (κ2) is 6.57. The Balaban J connectivity index is 1.65. The maximum atomic E-state index is 12.3. The maximum absolute atomic E-state index is 12.3. The van der Waals surface area contributed by atoms with Crippen molar-refractivity contribution in [3.63, 3.8) is 0 Å². The molecule has 0 aliphatic carbocycles. The Hall–Kier alpha value is -2.10. The number of amides is 1. The van der Waals surface area contributed by atoms with Crippen molar-refractivity contribution >= 4 is 5.91 Å². The molecule has 1 aromatic heterocycles. The first kappa shape index (κ1) is 13.9. The highest BCUT2D eigenvalue weighted by Gasteiger charge is 2.16. The number of H-pyrrole nitrogens is 1. The van der Waals surface area contributed by atoms with Crippen LogP contribution in [0.2, 0.25) is 0 Å². The Morgan fingerprint density at radius 2 is 1.81 bits per heavy atom. The molecule has 1 aliphatic heterocycles. The van der Waals surface area contributed by atoms with E-state index in [0.717, 1.165) is 42.9 Å². The SMILES string of the molecule is O=C(Cc1cc(-c2ccccc2)n[nH]1)N1CCCCCC1. The van der Waals surface area contributed by atoms with Crippen molar-refractivity contribution in [3.05, 3.63) is 42.1 Å². The van der Waals surface area contributed by atoms with Crippen molar-refractivity contribution in [1.29, 1.82) is 0 Å². The molecule has 0 unspecified atom stereocenters. The minimum absolute atomic E-state index is 0.208. The monoisotopic (exact) mass is 283 g/mol. The summed E-state index contributed by atoms with van der Waals surface area (Å²) in [5, 5.41) is 7.30. The third kappa shape index (κ3) is 3.51. The van der Waals surface area contributed by atoms with Crippen molar-refractivity contribution < 1.29 is 4.79 Å². The molecule has 0 spiro atoms. The highest BCUT2D eigenvalue weighted by molar-refractivity contribution is 5.78. The van der Waals surface area contributed by atoms with Gasteiger partial charge in [0.15, 0.2) is 0 Å². The molecule has 1 amide bonds. The molecular weight excluding hydrogens is 262 g/mol. The predicted octanol–water partition coefficient (Wildman–Crippen LogP) is 3.02. The molecule has 1 saturated heterocycles. The number of aromatic nitrogens is 2. The van der Waals surface area contributed by atoms with Gasteiger partial charge in [0.2, 0.25) is 5.91 Å². The van der Waals surface area contributed by atoms with Crippen LogP contribution in [0.15, 0.2) is 36.4 Å². The Kier molecular flexibility index (Phi) is 4.34. The minimum atomic E-state index is 0.208. The summed E-state index contributed by atoms with van der Waals surface area (Å²) in [5.41, 5.74) is 2.86. The van der Waals surface area contributed by atoms with Gasteiger partial charge in [-0.3, -0.25) is 9.89 Å². The summed E-state index contributed by atoms with van der Waals surface area (Å²) in [6.07, 6.45) is 5.16. The molecule has 1 fully saturated rings. The molecule has 4 nitrogen and oxygen atoms in total. The summed E-state index contributed by atoms with van der Waals surface area (Å²) >= 11 is 0. The van der Waals surface area contributed by atoms with E-state index in [9.17, 15) is 4.79 Å². The molecule has 21 heavy (non-hydrogen) atoms. The lowest BCUT2D eigenvalue weighted by Gasteiger charge is -2.19. The average molecular weight is 283 g/mol. The molecule has 0 saturated carbocycles. The zero-order valence-electron chi connectivity index (χ0n) is 12.2. The molecule has 0 radical (unpaired) electrons. The van der Waals surface area contributed by atoms with Gasteiger partial charge < -0.3 is 4.90 Å². The van der Waals surface area contributed by atoms with Gasteiger partial charge >= 0.3 is 0 Å². The van der Waals surface area contributed by atoms with Crippen LogP contribution < -0.4 is 0 Å². The van der Waals surface area contributed by atoms with Gasteiger partial charge in [0.25, 0.3) is 0 Å². The number of likely N-dealkylation sites (tertiary alicyclic amines) is 1. The van der Waals surface area contributed by atoms with Crippen LogP contribution >= 0.6 is 0 Å². The first-order valence-electron chi connectivity index (χ1n) is 7.70.